The topological polar surface area (TPSA) is 112 Å². The number of nitrogens with zero attached hydrogens (tertiary/aromatic N) is 1. The third kappa shape index (κ3) is 6.01. The summed E-state index contributed by atoms with van der Waals surface area (Å²) in [5.74, 6) is 0.479. The molecular formula is C22H24N4O4. The standard InChI is InChI=1S/C22H24N4O4/c1-14(16-5-10-20(29-3)21(11-16)30-4)24-13-17(12-23)22(28)26-19-8-6-18(7-9-19)25-15(2)27/h5-11,13-14,24H,1-4H3,(H,25,27)(H,26,28)/b17-13-. The summed E-state index contributed by atoms with van der Waals surface area (Å²) in [7, 11) is 3.12. The first-order valence-corrected chi connectivity index (χ1v) is 9.15. The van der Waals surface area contributed by atoms with Gasteiger partial charge in [0.15, 0.2) is 11.5 Å². The highest BCUT2D eigenvalue weighted by Crippen LogP contribution is 2.29. The molecule has 0 radical (unpaired) electrons. The van der Waals surface area contributed by atoms with Crippen LogP contribution in [-0.2, 0) is 9.59 Å². The number of carbonyl (C=O) groups excluding carboxylic acids is 2. The Balaban J connectivity index is 2.05. The molecule has 0 bridgehead atoms. The molecule has 2 amide bonds. The van der Waals surface area contributed by atoms with Crippen molar-refractivity contribution in [3.8, 4) is 17.6 Å². The van der Waals surface area contributed by atoms with E-state index < -0.39 is 5.91 Å². The minimum Gasteiger partial charge on any atom is -0.493 e. The van der Waals surface area contributed by atoms with Crippen molar-refractivity contribution in [2.24, 2.45) is 0 Å². The van der Waals surface area contributed by atoms with Crippen LogP contribution in [-0.4, -0.2) is 26.0 Å². The van der Waals surface area contributed by atoms with Gasteiger partial charge in [-0.3, -0.25) is 9.59 Å². The Bertz CT molecular complexity index is 978. The minimum atomic E-state index is -0.545. The number of nitriles is 1. The summed E-state index contributed by atoms with van der Waals surface area (Å²) < 4.78 is 10.5. The first-order valence-electron chi connectivity index (χ1n) is 9.15. The van der Waals surface area contributed by atoms with Crippen LogP contribution >= 0.6 is 0 Å². The second-order valence-corrected chi connectivity index (χ2v) is 6.39. The predicted molar refractivity (Wildman–Crippen MR) is 114 cm³/mol. The quantitative estimate of drug-likeness (QED) is 0.456. The summed E-state index contributed by atoms with van der Waals surface area (Å²) in [6.45, 7) is 3.31. The normalized spacial score (nSPS) is 11.6. The fourth-order valence-corrected chi connectivity index (χ4v) is 2.61. The van der Waals surface area contributed by atoms with E-state index in [-0.39, 0.29) is 17.5 Å². The molecule has 0 aliphatic heterocycles. The summed E-state index contributed by atoms with van der Waals surface area (Å²) in [6, 6.07) is 13.8. The van der Waals surface area contributed by atoms with Crippen LogP contribution in [0.3, 0.4) is 0 Å². The highest BCUT2D eigenvalue weighted by molar-refractivity contribution is 6.06. The second kappa shape index (κ2) is 10.5. The number of hydrogen-bond donors (Lipinski definition) is 3. The van der Waals surface area contributed by atoms with Crippen molar-refractivity contribution >= 4 is 23.2 Å². The average Bonchev–Trinajstić information content (AvgIpc) is 2.74. The van der Waals surface area contributed by atoms with E-state index in [9.17, 15) is 14.9 Å². The fourth-order valence-electron chi connectivity index (χ4n) is 2.61. The van der Waals surface area contributed by atoms with Gasteiger partial charge >= 0.3 is 0 Å². The van der Waals surface area contributed by atoms with Crippen LogP contribution < -0.4 is 25.4 Å². The highest BCUT2D eigenvalue weighted by atomic mass is 16.5. The smallest absolute Gasteiger partial charge is 0.267 e. The molecule has 2 aromatic rings. The van der Waals surface area contributed by atoms with E-state index in [1.165, 1.54) is 13.1 Å². The Labute approximate surface area is 175 Å². The fraction of sp³-hybridized carbons (Fsp3) is 0.227. The maximum atomic E-state index is 12.4. The van der Waals surface area contributed by atoms with Gasteiger partial charge in [0.05, 0.1) is 14.2 Å². The van der Waals surface area contributed by atoms with Gasteiger partial charge < -0.3 is 25.4 Å². The molecule has 30 heavy (non-hydrogen) atoms. The zero-order valence-corrected chi connectivity index (χ0v) is 17.3. The van der Waals surface area contributed by atoms with Crippen LogP contribution in [0.5, 0.6) is 11.5 Å². The molecule has 156 valence electrons. The molecule has 0 aliphatic rings. The van der Waals surface area contributed by atoms with Gasteiger partial charge in [-0.1, -0.05) is 6.07 Å². The lowest BCUT2D eigenvalue weighted by Crippen LogP contribution is -2.18. The molecule has 0 aromatic heterocycles. The number of amides is 2. The van der Waals surface area contributed by atoms with Crippen molar-refractivity contribution in [3.05, 3.63) is 59.8 Å². The Kier molecular flexibility index (Phi) is 7.82. The zero-order valence-electron chi connectivity index (χ0n) is 17.3. The van der Waals surface area contributed by atoms with Crippen molar-refractivity contribution in [1.29, 1.82) is 5.26 Å². The first-order chi connectivity index (χ1) is 14.4. The molecule has 0 fully saturated rings. The Hall–Kier alpha value is -3.99. The van der Waals surface area contributed by atoms with Crippen molar-refractivity contribution in [2.75, 3.05) is 24.9 Å². The second-order valence-electron chi connectivity index (χ2n) is 6.39. The van der Waals surface area contributed by atoms with Crippen molar-refractivity contribution < 1.29 is 19.1 Å². The van der Waals surface area contributed by atoms with Gasteiger partial charge in [0.1, 0.15) is 11.6 Å². The average molecular weight is 408 g/mol. The number of carbonyl (C=O) groups is 2. The summed E-state index contributed by atoms with van der Waals surface area (Å²) in [5, 5.41) is 17.7. The van der Waals surface area contributed by atoms with Crippen molar-refractivity contribution in [3.63, 3.8) is 0 Å². The zero-order chi connectivity index (χ0) is 22.1. The van der Waals surface area contributed by atoms with Crippen LogP contribution in [0.1, 0.15) is 25.5 Å². The van der Waals surface area contributed by atoms with Crippen LogP contribution in [0, 0.1) is 11.3 Å². The first kappa shape index (κ1) is 22.3. The molecular weight excluding hydrogens is 384 g/mol. The molecule has 1 atom stereocenters. The largest absolute Gasteiger partial charge is 0.493 e. The monoisotopic (exact) mass is 408 g/mol. The van der Waals surface area contributed by atoms with Gasteiger partial charge in [0, 0.05) is 30.5 Å². The van der Waals surface area contributed by atoms with Crippen LogP contribution in [0.2, 0.25) is 0 Å². The van der Waals surface area contributed by atoms with E-state index in [1.54, 1.807) is 44.6 Å². The third-order valence-corrected chi connectivity index (χ3v) is 4.21. The molecule has 1 unspecified atom stereocenters. The third-order valence-electron chi connectivity index (χ3n) is 4.21. The van der Waals surface area contributed by atoms with E-state index >= 15 is 0 Å². The van der Waals surface area contributed by atoms with Crippen LogP contribution in [0.25, 0.3) is 0 Å². The van der Waals surface area contributed by atoms with E-state index in [1.807, 2.05) is 25.1 Å². The van der Waals surface area contributed by atoms with E-state index in [0.717, 1.165) is 5.56 Å². The molecule has 0 saturated carbocycles. The van der Waals surface area contributed by atoms with E-state index in [4.69, 9.17) is 9.47 Å². The van der Waals surface area contributed by atoms with Gasteiger partial charge in [0.2, 0.25) is 5.91 Å². The number of hydrogen-bond acceptors (Lipinski definition) is 6. The van der Waals surface area contributed by atoms with Gasteiger partial charge in [-0.2, -0.15) is 5.26 Å². The number of ether oxygens (including phenoxy) is 2. The number of benzene rings is 2. The number of nitrogens with one attached hydrogen (secondary N) is 3. The molecule has 2 rings (SSSR count). The number of rotatable bonds is 8. The molecule has 0 aliphatic carbocycles. The molecule has 0 spiro atoms. The summed E-state index contributed by atoms with van der Waals surface area (Å²) in [4.78, 5) is 23.4. The molecule has 0 saturated heterocycles. The number of methoxy groups -OCH3 is 2. The van der Waals surface area contributed by atoms with Crippen LogP contribution in [0.15, 0.2) is 54.2 Å². The van der Waals surface area contributed by atoms with Crippen LogP contribution in [0.4, 0.5) is 11.4 Å². The predicted octanol–water partition coefficient (Wildman–Crippen LogP) is 3.36. The molecule has 3 N–H and O–H groups in total. The van der Waals surface area contributed by atoms with Gasteiger partial charge in [-0.05, 0) is 48.9 Å². The summed E-state index contributed by atoms with van der Waals surface area (Å²) in [5.41, 5.74) is 1.94. The maximum Gasteiger partial charge on any atom is 0.267 e. The SMILES string of the molecule is COc1ccc(C(C)N/C=C(/C#N)C(=O)Nc2ccc(NC(C)=O)cc2)cc1OC. The summed E-state index contributed by atoms with van der Waals surface area (Å²) in [6.07, 6.45) is 1.38. The van der Waals surface area contributed by atoms with Crippen molar-refractivity contribution in [1.82, 2.24) is 5.32 Å². The molecule has 0 heterocycles. The van der Waals surface area contributed by atoms with Crippen molar-refractivity contribution in [2.45, 2.75) is 19.9 Å². The van der Waals surface area contributed by atoms with Gasteiger partial charge in [0.25, 0.3) is 5.91 Å². The lowest BCUT2D eigenvalue weighted by Gasteiger charge is -2.15. The highest BCUT2D eigenvalue weighted by Gasteiger charge is 2.12. The van der Waals surface area contributed by atoms with E-state index in [0.29, 0.717) is 22.9 Å². The van der Waals surface area contributed by atoms with Gasteiger partial charge in [-0.15, -0.1) is 0 Å². The van der Waals surface area contributed by atoms with Gasteiger partial charge in [-0.25, -0.2) is 0 Å². The van der Waals surface area contributed by atoms with E-state index in [2.05, 4.69) is 16.0 Å². The minimum absolute atomic E-state index is 0.0757. The Morgan fingerprint density at radius 1 is 1.00 bits per heavy atom. The molecule has 2 aromatic carbocycles. The molecule has 8 nitrogen and oxygen atoms in total. The lowest BCUT2D eigenvalue weighted by atomic mass is 10.1. The number of anilines is 2. The Morgan fingerprint density at radius 3 is 2.13 bits per heavy atom. The maximum absolute atomic E-state index is 12.4. The molecule has 8 heteroatoms. The lowest BCUT2D eigenvalue weighted by molar-refractivity contribution is -0.114. The summed E-state index contributed by atoms with van der Waals surface area (Å²) >= 11 is 0. The Morgan fingerprint density at radius 2 is 1.60 bits per heavy atom.